The molecule has 0 radical (unpaired) electrons. The van der Waals surface area contributed by atoms with Crippen LogP contribution in [0.15, 0.2) is 52.1 Å². The van der Waals surface area contributed by atoms with E-state index in [2.05, 4.69) is 44.7 Å². The van der Waals surface area contributed by atoms with E-state index in [4.69, 9.17) is 0 Å². The Kier molecular flexibility index (Phi) is 6.16. The van der Waals surface area contributed by atoms with Gasteiger partial charge in [0.05, 0.1) is 17.1 Å². The average molecular weight is 415 g/mol. The maximum absolute atomic E-state index is 12.8. The number of hydrogen-bond donors (Lipinski definition) is 0. The number of rotatable bonds is 6. The van der Waals surface area contributed by atoms with Gasteiger partial charge in [0.25, 0.3) is 0 Å². The minimum absolute atomic E-state index is 0.0201. The maximum atomic E-state index is 12.8. The summed E-state index contributed by atoms with van der Waals surface area (Å²) in [6, 6.07) is 11.7. The molecule has 0 saturated heterocycles. The first kappa shape index (κ1) is 18.7. The molecule has 2 heterocycles. The van der Waals surface area contributed by atoms with Crippen LogP contribution in [0.5, 0.6) is 0 Å². The lowest BCUT2D eigenvalue weighted by Crippen LogP contribution is -2.39. The van der Waals surface area contributed by atoms with Crippen LogP contribution in [0, 0.1) is 0 Å². The molecule has 0 N–H and O–H groups in total. The van der Waals surface area contributed by atoms with E-state index < -0.39 is 0 Å². The van der Waals surface area contributed by atoms with E-state index in [9.17, 15) is 4.79 Å². The van der Waals surface area contributed by atoms with E-state index in [1.54, 1.807) is 6.20 Å². The highest BCUT2D eigenvalue weighted by Crippen LogP contribution is 2.29. The second kappa shape index (κ2) is 8.56. The molecule has 1 amide bonds. The number of aliphatic imine (C=N–C) groups is 1. The van der Waals surface area contributed by atoms with Gasteiger partial charge in [-0.1, -0.05) is 35.8 Å². The standard InChI is InChI=1S/C20H23BrN4O/c1-3-24(4-2)11-12-25-18-9-8-15(21)13-16(18)20(23-14-19(25)26)17-7-5-6-10-22-17/h5-10,13H,3-4,11-12,14H2,1-2H3. The van der Waals surface area contributed by atoms with Gasteiger partial charge in [-0.15, -0.1) is 0 Å². The molecule has 0 spiro atoms. The quantitative estimate of drug-likeness (QED) is 0.727. The molecule has 0 unspecified atom stereocenters. The van der Waals surface area contributed by atoms with Crippen molar-refractivity contribution in [3.63, 3.8) is 0 Å². The SMILES string of the molecule is CCN(CC)CCN1C(=O)CN=C(c2ccccn2)c2cc(Br)ccc21. The van der Waals surface area contributed by atoms with E-state index in [0.717, 1.165) is 46.8 Å². The summed E-state index contributed by atoms with van der Waals surface area (Å²) in [6.07, 6.45) is 1.75. The molecule has 0 aliphatic carbocycles. The zero-order chi connectivity index (χ0) is 18.5. The number of nitrogens with zero attached hydrogens (tertiary/aromatic N) is 4. The van der Waals surface area contributed by atoms with Crippen LogP contribution in [0.1, 0.15) is 25.1 Å². The summed E-state index contributed by atoms with van der Waals surface area (Å²) in [4.78, 5) is 26.0. The third-order valence-corrected chi connectivity index (χ3v) is 5.11. The number of hydrogen-bond acceptors (Lipinski definition) is 4. The topological polar surface area (TPSA) is 48.8 Å². The Labute approximate surface area is 162 Å². The predicted molar refractivity (Wildman–Crippen MR) is 109 cm³/mol. The van der Waals surface area contributed by atoms with Gasteiger partial charge in [0, 0.05) is 29.3 Å². The van der Waals surface area contributed by atoms with E-state index in [1.807, 2.05) is 41.3 Å². The average Bonchev–Trinajstić information content (AvgIpc) is 2.80. The zero-order valence-corrected chi connectivity index (χ0v) is 16.7. The molecule has 1 aromatic carbocycles. The molecule has 26 heavy (non-hydrogen) atoms. The summed E-state index contributed by atoms with van der Waals surface area (Å²) in [7, 11) is 0. The van der Waals surface area contributed by atoms with E-state index in [0.29, 0.717) is 6.54 Å². The highest BCUT2D eigenvalue weighted by atomic mass is 79.9. The van der Waals surface area contributed by atoms with Gasteiger partial charge in [0.2, 0.25) is 5.91 Å². The lowest BCUT2D eigenvalue weighted by molar-refractivity contribution is -0.117. The van der Waals surface area contributed by atoms with Crippen molar-refractivity contribution in [1.82, 2.24) is 9.88 Å². The number of pyridine rings is 1. The number of benzene rings is 1. The molecule has 0 bridgehead atoms. The number of amides is 1. The van der Waals surface area contributed by atoms with Gasteiger partial charge < -0.3 is 9.80 Å². The van der Waals surface area contributed by atoms with Crippen LogP contribution in [-0.2, 0) is 4.79 Å². The molecule has 0 fully saturated rings. The number of halogens is 1. The van der Waals surface area contributed by atoms with E-state index >= 15 is 0 Å². The second-order valence-electron chi connectivity index (χ2n) is 6.11. The summed E-state index contributed by atoms with van der Waals surface area (Å²) in [6.45, 7) is 7.86. The van der Waals surface area contributed by atoms with Crippen molar-refractivity contribution < 1.29 is 4.79 Å². The van der Waals surface area contributed by atoms with Crippen LogP contribution in [0.4, 0.5) is 5.69 Å². The summed E-state index contributed by atoms with van der Waals surface area (Å²) in [5.41, 5.74) is 3.38. The third-order valence-electron chi connectivity index (χ3n) is 4.62. The van der Waals surface area contributed by atoms with Gasteiger partial charge in [-0.3, -0.25) is 14.8 Å². The van der Waals surface area contributed by atoms with Crippen molar-refractivity contribution in [1.29, 1.82) is 0 Å². The minimum Gasteiger partial charge on any atom is -0.309 e. The number of anilines is 1. The van der Waals surface area contributed by atoms with Crippen molar-refractivity contribution >= 4 is 33.2 Å². The number of fused-ring (bicyclic) bond motifs is 1. The molecule has 2 aromatic rings. The van der Waals surface area contributed by atoms with Crippen LogP contribution in [0.3, 0.4) is 0 Å². The molecule has 136 valence electrons. The monoisotopic (exact) mass is 414 g/mol. The van der Waals surface area contributed by atoms with Crippen LogP contribution in [0.25, 0.3) is 0 Å². The molecular formula is C20H23BrN4O. The molecule has 0 saturated carbocycles. The smallest absolute Gasteiger partial charge is 0.248 e. The van der Waals surface area contributed by atoms with E-state index in [1.165, 1.54) is 0 Å². The lowest BCUT2D eigenvalue weighted by atomic mass is 10.0. The molecule has 1 aliphatic rings. The Hall–Kier alpha value is -2.05. The van der Waals surface area contributed by atoms with Crippen molar-refractivity contribution in [2.24, 2.45) is 4.99 Å². The first-order valence-corrected chi connectivity index (χ1v) is 9.71. The Morgan fingerprint density at radius 3 is 2.69 bits per heavy atom. The predicted octanol–water partition coefficient (Wildman–Crippen LogP) is 3.37. The summed E-state index contributed by atoms with van der Waals surface area (Å²) in [5.74, 6) is 0.0201. The third kappa shape index (κ3) is 4.02. The lowest BCUT2D eigenvalue weighted by Gasteiger charge is -2.26. The Morgan fingerprint density at radius 1 is 1.19 bits per heavy atom. The molecule has 3 rings (SSSR count). The van der Waals surface area contributed by atoms with E-state index in [-0.39, 0.29) is 12.5 Å². The minimum atomic E-state index is 0.0201. The van der Waals surface area contributed by atoms with Crippen molar-refractivity contribution in [3.05, 3.63) is 58.3 Å². The van der Waals surface area contributed by atoms with Crippen molar-refractivity contribution in [2.45, 2.75) is 13.8 Å². The van der Waals surface area contributed by atoms with Gasteiger partial charge in [0.1, 0.15) is 6.54 Å². The second-order valence-corrected chi connectivity index (χ2v) is 7.03. The molecule has 0 atom stereocenters. The fourth-order valence-corrected chi connectivity index (χ4v) is 3.49. The number of aromatic nitrogens is 1. The summed E-state index contributed by atoms with van der Waals surface area (Å²) < 4.78 is 0.956. The normalized spacial score (nSPS) is 14.2. The van der Waals surface area contributed by atoms with Crippen molar-refractivity contribution in [2.75, 3.05) is 37.6 Å². The molecule has 5 nitrogen and oxygen atoms in total. The maximum Gasteiger partial charge on any atom is 0.248 e. The fourth-order valence-electron chi connectivity index (χ4n) is 3.13. The zero-order valence-electron chi connectivity index (χ0n) is 15.2. The highest BCUT2D eigenvalue weighted by Gasteiger charge is 2.25. The molecule has 1 aliphatic heterocycles. The molecular weight excluding hydrogens is 392 g/mol. The van der Waals surface area contributed by atoms with Crippen LogP contribution in [-0.4, -0.2) is 54.2 Å². The molecule has 1 aromatic heterocycles. The molecule has 6 heteroatoms. The number of likely N-dealkylation sites (N-methyl/N-ethyl adjacent to an activating group) is 1. The van der Waals surface area contributed by atoms with Crippen LogP contribution < -0.4 is 4.90 Å². The first-order chi connectivity index (χ1) is 12.6. The Morgan fingerprint density at radius 2 is 2.00 bits per heavy atom. The Bertz CT molecular complexity index is 803. The first-order valence-electron chi connectivity index (χ1n) is 8.92. The van der Waals surface area contributed by atoms with Gasteiger partial charge >= 0.3 is 0 Å². The highest BCUT2D eigenvalue weighted by molar-refractivity contribution is 9.10. The number of benzodiazepines with no additional fused rings is 1. The largest absolute Gasteiger partial charge is 0.309 e. The number of carbonyl (C=O) groups excluding carboxylic acids is 1. The van der Waals surface area contributed by atoms with Gasteiger partial charge in [-0.2, -0.15) is 0 Å². The Balaban J connectivity index is 2.01. The van der Waals surface area contributed by atoms with Crippen molar-refractivity contribution in [3.8, 4) is 0 Å². The number of carbonyl (C=O) groups is 1. The van der Waals surface area contributed by atoms with Crippen LogP contribution >= 0.6 is 15.9 Å². The fraction of sp³-hybridized carbons (Fsp3) is 0.350. The van der Waals surface area contributed by atoms with Gasteiger partial charge in [-0.05, 0) is 43.4 Å². The summed E-state index contributed by atoms with van der Waals surface area (Å²) >= 11 is 3.55. The van der Waals surface area contributed by atoms with Gasteiger partial charge in [-0.25, -0.2) is 0 Å². The van der Waals surface area contributed by atoms with Crippen LogP contribution in [0.2, 0.25) is 0 Å². The van der Waals surface area contributed by atoms with Gasteiger partial charge in [0.15, 0.2) is 0 Å². The summed E-state index contributed by atoms with van der Waals surface area (Å²) in [5, 5.41) is 0.